The standard InChI is InChI=1S/C10H21NO/c1-10(2,3)4-5-12-9-6-8(11)7-9/h8-9H,4-7,11H2,1-3H3. The lowest BCUT2D eigenvalue weighted by molar-refractivity contribution is -0.0177. The van der Waals surface area contributed by atoms with Gasteiger partial charge in [0.1, 0.15) is 0 Å². The van der Waals surface area contributed by atoms with Crippen molar-refractivity contribution in [1.29, 1.82) is 0 Å². The second-order valence-corrected chi connectivity index (χ2v) is 5.03. The molecule has 0 aliphatic heterocycles. The fourth-order valence-electron chi connectivity index (χ4n) is 1.27. The molecule has 0 aromatic rings. The Morgan fingerprint density at radius 3 is 2.33 bits per heavy atom. The van der Waals surface area contributed by atoms with Crippen LogP contribution in [0.2, 0.25) is 0 Å². The number of hydrogen-bond acceptors (Lipinski definition) is 2. The van der Waals surface area contributed by atoms with Crippen molar-refractivity contribution in [3.8, 4) is 0 Å². The molecule has 1 saturated carbocycles. The minimum Gasteiger partial charge on any atom is -0.378 e. The van der Waals surface area contributed by atoms with Crippen molar-refractivity contribution in [1.82, 2.24) is 0 Å². The molecule has 0 heterocycles. The summed E-state index contributed by atoms with van der Waals surface area (Å²) in [7, 11) is 0. The van der Waals surface area contributed by atoms with Gasteiger partial charge in [0.15, 0.2) is 0 Å². The zero-order valence-electron chi connectivity index (χ0n) is 8.47. The Morgan fingerprint density at radius 1 is 1.33 bits per heavy atom. The molecule has 2 nitrogen and oxygen atoms in total. The van der Waals surface area contributed by atoms with Crippen LogP contribution in [0.25, 0.3) is 0 Å². The molecule has 0 radical (unpaired) electrons. The summed E-state index contributed by atoms with van der Waals surface area (Å²) >= 11 is 0. The van der Waals surface area contributed by atoms with Gasteiger partial charge in [-0.1, -0.05) is 20.8 Å². The van der Waals surface area contributed by atoms with Crippen LogP contribution < -0.4 is 5.73 Å². The van der Waals surface area contributed by atoms with Crippen molar-refractivity contribution in [3.05, 3.63) is 0 Å². The Hall–Kier alpha value is -0.0800. The Morgan fingerprint density at radius 2 is 1.92 bits per heavy atom. The van der Waals surface area contributed by atoms with Crippen molar-refractivity contribution in [3.63, 3.8) is 0 Å². The summed E-state index contributed by atoms with van der Waals surface area (Å²) in [6.45, 7) is 7.61. The van der Waals surface area contributed by atoms with Crippen molar-refractivity contribution in [2.75, 3.05) is 6.61 Å². The first-order chi connectivity index (χ1) is 5.47. The molecule has 1 aliphatic rings. The van der Waals surface area contributed by atoms with Gasteiger partial charge in [-0.3, -0.25) is 0 Å². The van der Waals surface area contributed by atoms with Gasteiger partial charge < -0.3 is 10.5 Å². The van der Waals surface area contributed by atoms with Crippen LogP contribution in [0.5, 0.6) is 0 Å². The topological polar surface area (TPSA) is 35.2 Å². The van der Waals surface area contributed by atoms with Gasteiger partial charge in [-0.05, 0) is 24.7 Å². The lowest BCUT2D eigenvalue weighted by Gasteiger charge is -2.33. The smallest absolute Gasteiger partial charge is 0.0604 e. The van der Waals surface area contributed by atoms with E-state index in [1.165, 1.54) is 0 Å². The summed E-state index contributed by atoms with van der Waals surface area (Å²) in [5.41, 5.74) is 6.04. The van der Waals surface area contributed by atoms with Crippen LogP contribution in [0.3, 0.4) is 0 Å². The molecular formula is C10H21NO. The lowest BCUT2D eigenvalue weighted by atomic mass is 9.89. The fourth-order valence-corrected chi connectivity index (χ4v) is 1.27. The molecule has 1 rings (SSSR count). The Labute approximate surface area is 75.5 Å². The third-order valence-electron chi connectivity index (χ3n) is 2.34. The highest BCUT2D eigenvalue weighted by atomic mass is 16.5. The van der Waals surface area contributed by atoms with Crippen molar-refractivity contribution >= 4 is 0 Å². The molecule has 0 bridgehead atoms. The SMILES string of the molecule is CC(C)(C)CCOC1CC(N)C1. The normalized spacial score (nSPS) is 30.0. The van der Waals surface area contributed by atoms with E-state index in [0.29, 0.717) is 17.6 Å². The highest BCUT2D eigenvalue weighted by Crippen LogP contribution is 2.24. The van der Waals surface area contributed by atoms with Crippen LogP contribution in [0.4, 0.5) is 0 Å². The summed E-state index contributed by atoms with van der Waals surface area (Å²) < 4.78 is 5.64. The Balaban J connectivity index is 1.97. The second-order valence-electron chi connectivity index (χ2n) is 5.03. The maximum atomic E-state index is 5.65. The average molecular weight is 171 g/mol. The van der Waals surface area contributed by atoms with E-state index in [2.05, 4.69) is 20.8 Å². The van der Waals surface area contributed by atoms with Gasteiger partial charge >= 0.3 is 0 Å². The summed E-state index contributed by atoms with van der Waals surface area (Å²) in [5.74, 6) is 0. The molecule has 0 atom stereocenters. The summed E-state index contributed by atoms with van der Waals surface area (Å²) in [4.78, 5) is 0. The second kappa shape index (κ2) is 3.75. The molecule has 0 spiro atoms. The molecule has 0 aromatic carbocycles. The van der Waals surface area contributed by atoms with E-state index in [1.54, 1.807) is 0 Å². The molecule has 12 heavy (non-hydrogen) atoms. The number of rotatable bonds is 3. The highest BCUT2D eigenvalue weighted by molar-refractivity contribution is 4.82. The van der Waals surface area contributed by atoms with Crippen LogP contribution in [0.1, 0.15) is 40.0 Å². The molecule has 1 fully saturated rings. The van der Waals surface area contributed by atoms with Gasteiger partial charge in [-0.25, -0.2) is 0 Å². The third kappa shape index (κ3) is 3.55. The van der Waals surface area contributed by atoms with Crippen LogP contribution in [-0.4, -0.2) is 18.8 Å². The molecule has 2 N–H and O–H groups in total. The van der Waals surface area contributed by atoms with Gasteiger partial charge in [0.05, 0.1) is 6.10 Å². The van der Waals surface area contributed by atoms with E-state index in [1.807, 2.05) is 0 Å². The summed E-state index contributed by atoms with van der Waals surface area (Å²) in [5, 5.41) is 0. The number of hydrogen-bond donors (Lipinski definition) is 1. The van der Waals surface area contributed by atoms with E-state index in [-0.39, 0.29) is 0 Å². The van der Waals surface area contributed by atoms with E-state index in [0.717, 1.165) is 25.9 Å². The number of nitrogens with two attached hydrogens (primary N) is 1. The predicted octanol–water partition coefficient (Wildman–Crippen LogP) is 1.93. The monoisotopic (exact) mass is 171 g/mol. The molecular weight excluding hydrogens is 150 g/mol. The largest absolute Gasteiger partial charge is 0.378 e. The first kappa shape index (κ1) is 10.0. The van der Waals surface area contributed by atoms with Crippen molar-refractivity contribution in [2.24, 2.45) is 11.1 Å². The van der Waals surface area contributed by atoms with Gasteiger partial charge in [-0.15, -0.1) is 0 Å². The summed E-state index contributed by atoms with van der Waals surface area (Å²) in [6.07, 6.45) is 3.72. The van der Waals surface area contributed by atoms with Crippen LogP contribution in [0.15, 0.2) is 0 Å². The van der Waals surface area contributed by atoms with Crippen LogP contribution >= 0.6 is 0 Å². The predicted molar refractivity (Wildman–Crippen MR) is 51.0 cm³/mol. The molecule has 0 unspecified atom stereocenters. The zero-order valence-corrected chi connectivity index (χ0v) is 8.47. The van der Waals surface area contributed by atoms with Crippen molar-refractivity contribution < 1.29 is 4.74 Å². The van der Waals surface area contributed by atoms with Crippen LogP contribution in [-0.2, 0) is 4.74 Å². The first-order valence-electron chi connectivity index (χ1n) is 4.84. The van der Waals surface area contributed by atoms with E-state index in [9.17, 15) is 0 Å². The third-order valence-corrected chi connectivity index (χ3v) is 2.34. The van der Waals surface area contributed by atoms with Gasteiger partial charge in [0.2, 0.25) is 0 Å². The minimum absolute atomic E-state index is 0.395. The molecule has 1 aliphatic carbocycles. The minimum atomic E-state index is 0.395. The fraction of sp³-hybridized carbons (Fsp3) is 1.00. The maximum Gasteiger partial charge on any atom is 0.0604 e. The lowest BCUT2D eigenvalue weighted by Crippen LogP contribution is -2.41. The highest BCUT2D eigenvalue weighted by Gasteiger charge is 2.26. The van der Waals surface area contributed by atoms with E-state index < -0.39 is 0 Å². The van der Waals surface area contributed by atoms with E-state index in [4.69, 9.17) is 10.5 Å². The van der Waals surface area contributed by atoms with Gasteiger partial charge in [0.25, 0.3) is 0 Å². The number of ether oxygens (including phenoxy) is 1. The van der Waals surface area contributed by atoms with E-state index >= 15 is 0 Å². The van der Waals surface area contributed by atoms with Gasteiger partial charge in [0, 0.05) is 12.6 Å². The molecule has 0 amide bonds. The van der Waals surface area contributed by atoms with Crippen LogP contribution in [0, 0.1) is 5.41 Å². The molecule has 0 aromatic heterocycles. The van der Waals surface area contributed by atoms with Crippen molar-refractivity contribution in [2.45, 2.75) is 52.2 Å². The van der Waals surface area contributed by atoms with Gasteiger partial charge in [-0.2, -0.15) is 0 Å². The zero-order chi connectivity index (χ0) is 9.19. The maximum absolute atomic E-state index is 5.65. The quantitative estimate of drug-likeness (QED) is 0.704. The average Bonchev–Trinajstić information content (AvgIpc) is 1.81. The molecule has 2 heteroatoms. The first-order valence-corrected chi connectivity index (χ1v) is 4.84. The molecule has 0 saturated heterocycles. The Bertz CT molecular complexity index is 133. The Kier molecular flexibility index (Phi) is 3.13. The summed E-state index contributed by atoms with van der Waals surface area (Å²) in [6, 6.07) is 0.407. The molecule has 72 valence electrons.